The minimum atomic E-state index is 0.0820. The lowest BCUT2D eigenvalue weighted by Crippen LogP contribution is -2.50. The Kier molecular flexibility index (Phi) is 5.08. The Morgan fingerprint density at radius 2 is 1.83 bits per heavy atom. The molecule has 0 aromatic carbocycles. The topological polar surface area (TPSA) is 57.9 Å². The number of thioether (sulfide) groups is 1. The normalized spacial score (nSPS) is 15.1. The van der Waals surface area contributed by atoms with Crippen LogP contribution in [0.15, 0.2) is 24.5 Å². The molecule has 3 heterocycles. The van der Waals surface area contributed by atoms with E-state index in [0.717, 1.165) is 17.1 Å². The number of hydrogen-bond acceptors (Lipinski definition) is 4. The lowest BCUT2D eigenvalue weighted by Gasteiger charge is -2.34. The van der Waals surface area contributed by atoms with Crippen molar-refractivity contribution >= 4 is 29.2 Å². The summed E-state index contributed by atoms with van der Waals surface area (Å²) in [7, 11) is 0. The van der Waals surface area contributed by atoms with Crippen LogP contribution in [0.1, 0.15) is 18.2 Å². The Bertz CT molecular complexity index is 750. The minimum Gasteiger partial charge on any atom is -0.339 e. The second-order valence-electron chi connectivity index (χ2n) is 6.08. The van der Waals surface area contributed by atoms with Crippen LogP contribution in [0, 0.1) is 6.92 Å². The van der Waals surface area contributed by atoms with Crippen LogP contribution >= 0.6 is 11.8 Å². The molecule has 24 heavy (non-hydrogen) atoms. The van der Waals surface area contributed by atoms with Crippen molar-refractivity contribution in [1.29, 1.82) is 0 Å². The number of imidazole rings is 1. The fraction of sp³-hybridized carbons (Fsp3) is 0.471. The first-order valence-electron chi connectivity index (χ1n) is 8.08. The molecule has 7 heteroatoms. The Morgan fingerprint density at radius 3 is 2.54 bits per heavy atom. The molecule has 2 amide bonds. The second kappa shape index (κ2) is 7.25. The largest absolute Gasteiger partial charge is 0.339 e. The molecule has 1 aliphatic heterocycles. The first kappa shape index (κ1) is 16.8. The van der Waals surface area contributed by atoms with Crippen molar-refractivity contribution in [3.05, 3.63) is 35.8 Å². The van der Waals surface area contributed by atoms with Gasteiger partial charge in [-0.1, -0.05) is 6.07 Å². The maximum absolute atomic E-state index is 12.3. The lowest BCUT2D eigenvalue weighted by atomic mass is 10.3. The van der Waals surface area contributed by atoms with E-state index in [1.807, 2.05) is 27.6 Å². The highest BCUT2D eigenvalue weighted by molar-refractivity contribution is 7.99. The highest BCUT2D eigenvalue weighted by Crippen LogP contribution is 2.15. The molecule has 2 aromatic heterocycles. The quantitative estimate of drug-likeness (QED) is 0.843. The summed E-state index contributed by atoms with van der Waals surface area (Å²) in [6, 6.07) is 4.05. The summed E-state index contributed by atoms with van der Waals surface area (Å²) >= 11 is 1.59. The number of aromatic nitrogens is 2. The Hall–Kier alpha value is -2.02. The Morgan fingerprint density at radius 1 is 1.12 bits per heavy atom. The van der Waals surface area contributed by atoms with Gasteiger partial charge in [0.05, 0.1) is 11.4 Å². The van der Waals surface area contributed by atoms with E-state index in [1.165, 1.54) is 5.56 Å². The van der Waals surface area contributed by atoms with Crippen LogP contribution in [-0.4, -0.2) is 62.9 Å². The highest BCUT2D eigenvalue weighted by Gasteiger charge is 2.22. The number of amides is 2. The summed E-state index contributed by atoms with van der Waals surface area (Å²) < 4.78 is 2.02. The van der Waals surface area contributed by atoms with E-state index >= 15 is 0 Å². The zero-order valence-corrected chi connectivity index (χ0v) is 14.9. The van der Waals surface area contributed by atoms with E-state index < -0.39 is 0 Å². The molecular formula is C17H22N4O2S. The van der Waals surface area contributed by atoms with Crippen molar-refractivity contribution in [3.8, 4) is 0 Å². The van der Waals surface area contributed by atoms with E-state index in [4.69, 9.17) is 0 Å². The van der Waals surface area contributed by atoms with Gasteiger partial charge in [-0.3, -0.25) is 9.59 Å². The molecule has 0 unspecified atom stereocenters. The van der Waals surface area contributed by atoms with E-state index in [1.54, 1.807) is 23.6 Å². The van der Waals surface area contributed by atoms with Crippen molar-refractivity contribution in [2.45, 2.75) is 19.6 Å². The Labute approximate surface area is 145 Å². The predicted molar refractivity (Wildman–Crippen MR) is 94.9 cm³/mol. The van der Waals surface area contributed by atoms with E-state index in [0.29, 0.717) is 31.9 Å². The number of pyridine rings is 1. The first-order valence-corrected chi connectivity index (χ1v) is 9.23. The number of carbonyl (C=O) groups is 2. The third kappa shape index (κ3) is 3.90. The van der Waals surface area contributed by atoms with Gasteiger partial charge in [-0.15, -0.1) is 11.8 Å². The summed E-state index contributed by atoms with van der Waals surface area (Å²) in [5.74, 6) is 1.40. The molecule has 1 saturated heterocycles. The van der Waals surface area contributed by atoms with E-state index in [-0.39, 0.29) is 11.8 Å². The number of carbonyl (C=O) groups excluding carboxylic acids is 2. The Balaban J connectivity index is 1.47. The van der Waals surface area contributed by atoms with Crippen molar-refractivity contribution in [1.82, 2.24) is 19.2 Å². The van der Waals surface area contributed by atoms with Crippen LogP contribution in [0.5, 0.6) is 0 Å². The summed E-state index contributed by atoms with van der Waals surface area (Å²) in [5.41, 5.74) is 3.11. The van der Waals surface area contributed by atoms with Crippen molar-refractivity contribution < 1.29 is 9.59 Å². The average molecular weight is 346 g/mol. The summed E-state index contributed by atoms with van der Waals surface area (Å²) in [5, 5.41) is 0. The standard InChI is InChI=1S/C17H22N4O2S/c1-13-3-4-16-18-15(10-21(16)9-13)11-24-12-17(23)20-7-5-19(6-8-20)14(2)22/h3-4,9-10H,5-8,11-12H2,1-2H3. The molecule has 0 bridgehead atoms. The third-order valence-electron chi connectivity index (χ3n) is 4.20. The molecule has 0 radical (unpaired) electrons. The van der Waals surface area contributed by atoms with Crippen LogP contribution in [0.4, 0.5) is 0 Å². The van der Waals surface area contributed by atoms with Gasteiger partial charge in [-0.2, -0.15) is 0 Å². The molecule has 2 aromatic rings. The first-order chi connectivity index (χ1) is 11.5. The van der Waals surface area contributed by atoms with Crippen LogP contribution in [0.2, 0.25) is 0 Å². The predicted octanol–water partition coefficient (Wildman–Crippen LogP) is 1.57. The van der Waals surface area contributed by atoms with E-state index in [2.05, 4.69) is 18.1 Å². The lowest BCUT2D eigenvalue weighted by molar-refractivity contribution is -0.136. The van der Waals surface area contributed by atoms with E-state index in [9.17, 15) is 9.59 Å². The monoisotopic (exact) mass is 346 g/mol. The zero-order chi connectivity index (χ0) is 17.1. The molecule has 0 atom stereocenters. The summed E-state index contributed by atoms with van der Waals surface area (Å²) in [6.07, 6.45) is 4.07. The van der Waals surface area contributed by atoms with Crippen LogP contribution in [-0.2, 0) is 15.3 Å². The molecule has 1 aliphatic rings. The number of rotatable bonds is 4. The molecular weight excluding hydrogens is 324 g/mol. The molecule has 3 rings (SSSR count). The van der Waals surface area contributed by atoms with Crippen molar-refractivity contribution in [2.75, 3.05) is 31.9 Å². The maximum Gasteiger partial charge on any atom is 0.232 e. The van der Waals surface area contributed by atoms with Gasteiger partial charge in [0.25, 0.3) is 0 Å². The van der Waals surface area contributed by atoms with Crippen molar-refractivity contribution in [3.63, 3.8) is 0 Å². The van der Waals surface area contributed by atoms with Gasteiger partial charge >= 0.3 is 0 Å². The number of hydrogen-bond donors (Lipinski definition) is 0. The minimum absolute atomic E-state index is 0.0820. The SMILES string of the molecule is CC(=O)N1CCN(C(=O)CSCc2cn3cc(C)ccc3n2)CC1. The molecule has 0 spiro atoms. The molecule has 128 valence electrons. The fourth-order valence-electron chi connectivity index (χ4n) is 2.83. The van der Waals surface area contributed by atoms with Crippen LogP contribution < -0.4 is 0 Å². The molecule has 0 N–H and O–H groups in total. The van der Waals surface area contributed by atoms with Gasteiger partial charge in [0.1, 0.15) is 5.65 Å². The maximum atomic E-state index is 12.3. The van der Waals surface area contributed by atoms with Gasteiger partial charge in [0.2, 0.25) is 11.8 Å². The third-order valence-corrected chi connectivity index (χ3v) is 5.15. The number of fused-ring (bicyclic) bond motifs is 1. The van der Waals surface area contributed by atoms with Crippen LogP contribution in [0.3, 0.4) is 0 Å². The number of nitrogens with zero attached hydrogens (tertiary/aromatic N) is 4. The van der Waals surface area contributed by atoms with Gasteiger partial charge in [0, 0.05) is 51.2 Å². The van der Waals surface area contributed by atoms with Gasteiger partial charge < -0.3 is 14.2 Å². The van der Waals surface area contributed by atoms with Crippen LogP contribution in [0.25, 0.3) is 5.65 Å². The fourth-order valence-corrected chi connectivity index (χ4v) is 3.64. The number of piperazine rings is 1. The zero-order valence-electron chi connectivity index (χ0n) is 14.1. The smallest absolute Gasteiger partial charge is 0.232 e. The van der Waals surface area contributed by atoms with Gasteiger partial charge in [-0.25, -0.2) is 4.98 Å². The van der Waals surface area contributed by atoms with Crippen molar-refractivity contribution in [2.24, 2.45) is 0 Å². The molecule has 6 nitrogen and oxygen atoms in total. The summed E-state index contributed by atoms with van der Waals surface area (Å²) in [4.78, 5) is 31.8. The number of aryl methyl sites for hydroxylation is 1. The average Bonchev–Trinajstić information content (AvgIpc) is 2.96. The molecule has 1 fully saturated rings. The molecule has 0 aliphatic carbocycles. The molecule has 0 saturated carbocycles. The highest BCUT2D eigenvalue weighted by atomic mass is 32.2. The second-order valence-corrected chi connectivity index (χ2v) is 7.07. The van der Waals surface area contributed by atoms with Gasteiger partial charge in [-0.05, 0) is 18.6 Å². The summed E-state index contributed by atoms with van der Waals surface area (Å²) in [6.45, 7) is 6.16. The van der Waals surface area contributed by atoms with Gasteiger partial charge in [0.15, 0.2) is 0 Å².